The van der Waals surface area contributed by atoms with E-state index < -0.39 is 0 Å². The van der Waals surface area contributed by atoms with Crippen LogP contribution in [0, 0.1) is 0 Å². The van der Waals surface area contributed by atoms with Crippen LogP contribution in [0.4, 0.5) is 0 Å². The maximum absolute atomic E-state index is 5.26. The predicted octanol–water partition coefficient (Wildman–Crippen LogP) is 3.85. The zero-order valence-corrected chi connectivity index (χ0v) is 10.8. The van der Waals surface area contributed by atoms with E-state index in [1.807, 2.05) is 24.3 Å². The number of hydrogen-bond donors (Lipinski definition) is 0. The van der Waals surface area contributed by atoms with E-state index in [1.165, 1.54) is 0 Å². The highest BCUT2D eigenvalue weighted by atomic mass is 16.5. The van der Waals surface area contributed by atoms with Gasteiger partial charge in [0.15, 0.2) is 0 Å². The smallest absolute Gasteiger partial charge is 0.115 e. The molecule has 0 unspecified atom stereocenters. The Balaban J connectivity index is 2.00. The number of rotatable bonds is 2. The van der Waals surface area contributed by atoms with Crippen molar-refractivity contribution in [1.29, 1.82) is 0 Å². The van der Waals surface area contributed by atoms with Gasteiger partial charge in [0.1, 0.15) is 5.76 Å². The first-order chi connectivity index (χ1) is 9.36. The fourth-order valence-electron chi connectivity index (χ4n) is 2.19. The molecule has 1 aliphatic rings. The number of ether oxygens (including phenoxy) is 1. The van der Waals surface area contributed by atoms with Gasteiger partial charge in [0.2, 0.25) is 0 Å². The molecule has 2 nitrogen and oxygen atoms in total. The molecular formula is C17H15NO. The molecule has 0 atom stereocenters. The molecule has 0 spiro atoms. The molecule has 19 heavy (non-hydrogen) atoms. The second kappa shape index (κ2) is 5.11. The Hall–Kier alpha value is -2.35. The minimum Gasteiger partial charge on any atom is -0.497 e. The number of nitrogens with zero attached hydrogens (tertiary/aromatic N) is 1. The van der Waals surface area contributed by atoms with Gasteiger partial charge in [0, 0.05) is 12.0 Å². The van der Waals surface area contributed by atoms with Gasteiger partial charge in [-0.1, -0.05) is 36.4 Å². The molecule has 0 aliphatic heterocycles. The van der Waals surface area contributed by atoms with E-state index in [4.69, 9.17) is 9.72 Å². The van der Waals surface area contributed by atoms with Gasteiger partial charge in [-0.2, -0.15) is 0 Å². The molecular weight excluding hydrogens is 234 g/mol. The van der Waals surface area contributed by atoms with Crippen LogP contribution < -0.4 is 0 Å². The molecule has 3 rings (SSSR count). The lowest BCUT2D eigenvalue weighted by Gasteiger charge is -2.06. The zero-order chi connectivity index (χ0) is 13.1. The minimum atomic E-state index is 0.798. The molecule has 0 saturated carbocycles. The van der Waals surface area contributed by atoms with E-state index in [-0.39, 0.29) is 0 Å². The fraction of sp³-hybridized carbons (Fsp3) is 0.118. The van der Waals surface area contributed by atoms with Crippen LogP contribution in [0.5, 0.6) is 0 Å². The monoisotopic (exact) mass is 249 g/mol. The van der Waals surface area contributed by atoms with E-state index in [1.54, 1.807) is 7.11 Å². The van der Waals surface area contributed by atoms with Crippen molar-refractivity contribution in [3.63, 3.8) is 0 Å². The van der Waals surface area contributed by atoms with Crippen molar-refractivity contribution in [3.8, 4) is 11.3 Å². The van der Waals surface area contributed by atoms with Gasteiger partial charge in [0.25, 0.3) is 0 Å². The Bertz CT molecular complexity index is 642. The van der Waals surface area contributed by atoms with Crippen molar-refractivity contribution in [2.24, 2.45) is 0 Å². The number of benzene rings is 1. The summed E-state index contributed by atoms with van der Waals surface area (Å²) >= 11 is 0. The molecule has 2 aromatic rings. The summed E-state index contributed by atoms with van der Waals surface area (Å²) in [4.78, 5) is 4.76. The van der Waals surface area contributed by atoms with E-state index in [2.05, 4.69) is 36.4 Å². The lowest BCUT2D eigenvalue weighted by Crippen LogP contribution is -1.94. The Morgan fingerprint density at radius 3 is 2.63 bits per heavy atom. The Morgan fingerprint density at radius 1 is 1.00 bits per heavy atom. The first kappa shape index (κ1) is 11.7. The van der Waals surface area contributed by atoms with Crippen LogP contribution in [-0.4, -0.2) is 12.1 Å². The number of aromatic nitrogens is 1. The third-order valence-electron chi connectivity index (χ3n) is 3.24. The Labute approximate surface area is 113 Å². The van der Waals surface area contributed by atoms with Crippen LogP contribution in [0.25, 0.3) is 17.3 Å². The van der Waals surface area contributed by atoms with E-state index in [9.17, 15) is 0 Å². The van der Waals surface area contributed by atoms with Crippen molar-refractivity contribution >= 4 is 6.08 Å². The normalized spacial score (nSPS) is 13.4. The van der Waals surface area contributed by atoms with Gasteiger partial charge >= 0.3 is 0 Å². The molecule has 0 N–H and O–H groups in total. The zero-order valence-electron chi connectivity index (χ0n) is 10.8. The third-order valence-corrected chi connectivity index (χ3v) is 3.24. The highest BCUT2D eigenvalue weighted by molar-refractivity contribution is 5.64. The SMILES string of the molecule is COC1=CCc2nc(-c3ccccc3)ccc2C=C1. The van der Waals surface area contributed by atoms with Gasteiger partial charge in [-0.05, 0) is 29.9 Å². The van der Waals surface area contributed by atoms with Gasteiger partial charge in [-0.25, -0.2) is 0 Å². The first-order valence-electron chi connectivity index (χ1n) is 6.34. The van der Waals surface area contributed by atoms with Crippen molar-refractivity contribution < 1.29 is 4.74 Å². The summed E-state index contributed by atoms with van der Waals surface area (Å²) in [6.07, 6.45) is 6.89. The third kappa shape index (κ3) is 2.43. The lowest BCUT2D eigenvalue weighted by molar-refractivity contribution is 0.306. The van der Waals surface area contributed by atoms with Crippen molar-refractivity contribution in [3.05, 3.63) is 71.6 Å². The van der Waals surface area contributed by atoms with Gasteiger partial charge in [-0.3, -0.25) is 4.98 Å². The fourth-order valence-corrected chi connectivity index (χ4v) is 2.19. The number of fused-ring (bicyclic) bond motifs is 1. The topological polar surface area (TPSA) is 22.1 Å². The number of pyridine rings is 1. The van der Waals surface area contributed by atoms with E-state index in [0.29, 0.717) is 0 Å². The van der Waals surface area contributed by atoms with Gasteiger partial charge in [0.05, 0.1) is 18.5 Å². The minimum absolute atomic E-state index is 0.798. The maximum atomic E-state index is 5.26. The van der Waals surface area contributed by atoms with Gasteiger partial charge in [-0.15, -0.1) is 0 Å². The molecule has 2 heteroatoms. The summed E-state index contributed by atoms with van der Waals surface area (Å²) in [5.74, 6) is 0.888. The van der Waals surface area contributed by atoms with Crippen LogP contribution in [0.2, 0.25) is 0 Å². The highest BCUT2D eigenvalue weighted by Crippen LogP contribution is 2.22. The average molecular weight is 249 g/mol. The molecule has 0 radical (unpaired) electrons. The molecule has 0 bridgehead atoms. The summed E-state index contributed by atoms with van der Waals surface area (Å²) < 4.78 is 5.26. The van der Waals surface area contributed by atoms with Crippen LogP contribution >= 0.6 is 0 Å². The van der Waals surface area contributed by atoms with Crippen LogP contribution in [0.15, 0.2) is 60.4 Å². The summed E-state index contributed by atoms with van der Waals surface area (Å²) in [5.41, 5.74) is 4.41. The Morgan fingerprint density at radius 2 is 1.84 bits per heavy atom. The molecule has 0 fully saturated rings. The van der Waals surface area contributed by atoms with Crippen LogP contribution in [0.1, 0.15) is 11.3 Å². The summed E-state index contributed by atoms with van der Waals surface area (Å²) in [6.45, 7) is 0. The molecule has 94 valence electrons. The highest BCUT2D eigenvalue weighted by Gasteiger charge is 2.07. The largest absolute Gasteiger partial charge is 0.497 e. The molecule has 0 saturated heterocycles. The van der Waals surface area contributed by atoms with Crippen LogP contribution in [-0.2, 0) is 11.2 Å². The Kier molecular flexibility index (Phi) is 3.15. The molecule has 1 aliphatic carbocycles. The summed E-state index contributed by atoms with van der Waals surface area (Å²) in [5, 5.41) is 0. The second-order valence-corrected chi connectivity index (χ2v) is 4.45. The average Bonchev–Trinajstić information content (AvgIpc) is 2.69. The second-order valence-electron chi connectivity index (χ2n) is 4.45. The summed E-state index contributed by atoms with van der Waals surface area (Å²) in [7, 11) is 1.69. The van der Waals surface area contributed by atoms with Gasteiger partial charge < -0.3 is 4.74 Å². The van der Waals surface area contributed by atoms with Crippen LogP contribution in [0.3, 0.4) is 0 Å². The molecule has 1 aromatic heterocycles. The summed E-state index contributed by atoms with van der Waals surface area (Å²) in [6, 6.07) is 14.4. The number of hydrogen-bond acceptors (Lipinski definition) is 2. The van der Waals surface area contributed by atoms with E-state index in [0.717, 1.165) is 34.7 Å². The first-order valence-corrected chi connectivity index (χ1v) is 6.34. The molecule has 1 heterocycles. The van der Waals surface area contributed by atoms with Crippen molar-refractivity contribution in [1.82, 2.24) is 4.98 Å². The molecule has 0 amide bonds. The van der Waals surface area contributed by atoms with Crippen molar-refractivity contribution in [2.45, 2.75) is 6.42 Å². The lowest BCUT2D eigenvalue weighted by atomic mass is 10.1. The predicted molar refractivity (Wildman–Crippen MR) is 77.5 cm³/mol. The van der Waals surface area contributed by atoms with E-state index >= 15 is 0 Å². The molecule has 1 aromatic carbocycles. The number of methoxy groups -OCH3 is 1. The van der Waals surface area contributed by atoms with Crippen molar-refractivity contribution in [2.75, 3.05) is 7.11 Å². The number of allylic oxidation sites excluding steroid dienone is 2. The maximum Gasteiger partial charge on any atom is 0.115 e. The quantitative estimate of drug-likeness (QED) is 0.806. The standard InChI is InChI=1S/C17H15NO/c1-19-15-9-7-14-8-11-16(18-17(14)12-10-15)13-5-3-2-4-6-13/h2-11H,12H2,1H3.